The van der Waals surface area contributed by atoms with Crippen molar-refractivity contribution in [2.45, 2.75) is 13.0 Å². The second-order valence-electron chi connectivity index (χ2n) is 4.55. The lowest BCUT2D eigenvalue weighted by molar-refractivity contribution is 0.551. The van der Waals surface area contributed by atoms with Gasteiger partial charge in [-0.1, -0.05) is 12.0 Å². The van der Waals surface area contributed by atoms with Crippen molar-refractivity contribution in [1.29, 1.82) is 0 Å². The van der Waals surface area contributed by atoms with Gasteiger partial charge in [-0.3, -0.25) is 0 Å². The largest absolute Gasteiger partial charge is 0.384 e. The average molecular weight is 299 g/mol. The van der Waals surface area contributed by atoms with Gasteiger partial charge in [-0.2, -0.15) is 15.0 Å². The fraction of sp³-hybridized carbons (Fsp3) is 0.133. The molecule has 0 bridgehead atoms. The van der Waals surface area contributed by atoms with Gasteiger partial charge in [0.25, 0.3) is 0 Å². The Morgan fingerprint density at radius 1 is 1.18 bits per heavy atom. The van der Waals surface area contributed by atoms with Crippen molar-refractivity contribution in [3.63, 3.8) is 0 Å². The third-order valence-electron chi connectivity index (χ3n) is 2.87. The summed E-state index contributed by atoms with van der Waals surface area (Å²) >= 11 is 0. The lowest BCUT2D eigenvalue weighted by Gasteiger charge is -1.93. The monoisotopic (exact) mass is 299 g/mol. The molecule has 0 aliphatic rings. The highest BCUT2D eigenvalue weighted by Gasteiger charge is 2.09. The van der Waals surface area contributed by atoms with Gasteiger partial charge in [-0.15, -0.1) is 0 Å². The van der Waals surface area contributed by atoms with Crippen LogP contribution >= 0.6 is 0 Å². The van der Waals surface area contributed by atoms with Gasteiger partial charge in [-0.25, -0.2) is 13.8 Å². The fourth-order valence-electron chi connectivity index (χ4n) is 1.92. The number of hydrogen-bond donors (Lipinski definition) is 1. The molecule has 0 spiro atoms. The summed E-state index contributed by atoms with van der Waals surface area (Å²) in [6.07, 6.45) is 0.446. The van der Waals surface area contributed by atoms with E-state index in [2.05, 4.69) is 27.0 Å². The maximum atomic E-state index is 13.5. The lowest BCUT2D eigenvalue weighted by Crippen LogP contribution is -2.01. The van der Waals surface area contributed by atoms with Crippen molar-refractivity contribution in [1.82, 2.24) is 20.0 Å². The topological polar surface area (TPSA) is 69.6 Å². The molecule has 3 aromatic rings. The van der Waals surface area contributed by atoms with Crippen LogP contribution in [-0.4, -0.2) is 20.0 Å². The van der Waals surface area contributed by atoms with Crippen LogP contribution in [0.3, 0.4) is 0 Å². The fourth-order valence-corrected chi connectivity index (χ4v) is 1.92. The summed E-state index contributed by atoms with van der Waals surface area (Å²) in [4.78, 5) is 5.35. The first-order valence-electron chi connectivity index (χ1n) is 6.53. The first-order chi connectivity index (χ1) is 10.6. The number of halogens is 2. The van der Waals surface area contributed by atoms with E-state index < -0.39 is 11.6 Å². The number of anilines is 1. The number of pyridine rings is 1. The van der Waals surface area contributed by atoms with Crippen LogP contribution in [0.4, 0.5) is 14.6 Å². The Labute approximate surface area is 124 Å². The number of fused-ring (bicyclic) bond motifs is 1. The maximum absolute atomic E-state index is 13.5. The number of hydrogen-bond acceptors (Lipinski definition) is 4. The minimum Gasteiger partial charge on any atom is -0.384 e. The van der Waals surface area contributed by atoms with Gasteiger partial charge in [-0.05, 0) is 18.1 Å². The average Bonchev–Trinajstić information content (AvgIpc) is 2.87. The minimum absolute atomic E-state index is 0.0480. The molecule has 2 aromatic heterocycles. The predicted octanol–water partition coefficient (Wildman–Crippen LogP) is 2.13. The first-order valence-corrected chi connectivity index (χ1v) is 6.53. The minimum atomic E-state index is -0.726. The molecule has 22 heavy (non-hydrogen) atoms. The quantitative estimate of drug-likeness (QED) is 0.736. The molecule has 2 N–H and O–H groups in total. The van der Waals surface area contributed by atoms with Crippen LogP contribution in [0.5, 0.6) is 0 Å². The molecule has 0 radical (unpaired) electrons. The van der Waals surface area contributed by atoms with Gasteiger partial charge >= 0.3 is 0 Å². The molecule has 0 unspecified atom stereocenters. The van der Waals surface area contributed by atoms with E-state index in [-0.39, 0.29) is 11.0 Å². The van der Waals surface area contributed by atoms with E-state index in [0.717, 1.165) is 12.1 Å². The lowest BCUT2D eigenvalue weighted by atomic mass is 10.3. The third kappa shape index (κ3) is 3.01. The van der Waals surface area contributed by atoms with Gasteiger partial charge in [0.1, 0.15) is 28.4 Å². The molecule has 3 rings (SSSR count). The standard InChI is InChI=1S/C15H11F2N5/c16-10-8-12(17)15-13(9-10)20-22(21-15)7-2-1-4-11-5-3-6-14(18)19-11/h3,5-6,8-9H,2,7H2,(H2,18,19). The predicted molar refractivity (Wildman–Crippen MR) is 77.6 cm³/mol. The van der Waals surface area contributed by atoms with Crippen LogP contribution in [0, 0.1) is 23.5 Å². The van der Waals surface area contributed by atoms with Crippen LogP contribution < -0.4 is 5.73 Å². The molecule has 7 heteroatoms. The molecular weight excluding hydrogens is 288 g/mol. The van der Waals surface area contributed by atoms with Crippen molar-refractivity contribution in [3.05, 3.63) is 47.7 Å². The molecule has 0 saturated heterocycles. The molecule has 0 atom stereocenters. The summed E-state index contributed by atoms with van der Waals surface area (Å²) in [5.41, 5.74) is 6.36. The first kappa shape index (κ1) is 13.9. The highest BCUT2D eigenvalue weighted by atomic mass is 19.1. The Morgan fingerprint density at radius 3 is 2.86 bits per heavy atom. The molecule has 0 aliphatic carbocycles. The summed E-state index contributed by atoms with van der Waals surface area (Å²) in [5.74, 6) is 4.78. The highest BCUT2D eigenvalue weighted by Crippen LogP contribution is 2.15. The number of aryl methyl sites for hydroxylation is 1. The van der Waals surface area contributed by atoms with Gasteiger partial charge in [0, 0.05) is 18.6 Å². The van der Waals surface area contributed by atoms with Gasteiger partial charge in [0.2, 0.25) is 0 Å². The van der Waals surface area contributed by atoms with E-state index >= 15 is 0 Å². The molecule has 5 nitrogen and oxygen atoms in total. The van der Waals surface area contributed by atoms with E-state index in [0.29, 0.717) is 24.5 Å². The summed E-state index contributed by atoms with van der Waals surface area (Å²) in [6.45, 7) is 0.366. The molecule has 2 heterocycles. The molecule has 0 aliphatic heterocycles. The number of benzene rings is 1. The van der Waals surface area contributed by atoms with Crippen molar-refractivity contribution in [2.24, 2.45) is 0 Å². The Balaban J connectivity index is 1.71. The molecule has 0 saturated carbocycles. The Kier molecular flexibility index (Phi) is 3.66. The summed E-state index contributed by atoms with van der Waals surface area (Å²) in [7, 11) is 0. The zero-order valence-electron chi connectivity index (χ0n) is 11.4. The smallest absolute Gasteiger partial charge is 0.155 e. The van der Waals surface area contributed by atoms with E-state index in [9.17, 15) is 8.78 Å². The summed E-state index contributed by atoms with van der Waals surface area (Å²) < 4.78 is 26.6. The zero-order valence-corrected chi connectivity index (χ0v) is 11.4. The number of rotatable bonds is 2. The number of nitrogens with two attached hydrogens (primary N) is 1. The van der Waals surface area contributed by atoms with Gasteiger partial charge in [0.15, 0.2) is 5.82 Å². The van der Waals surface area contributed by atoms with Crippen LogP contribution in [0.2, 0.25) is 0 Å². The van der Waals surface area contributed by atoms with Crippen molar-refractivity contribution < 1.29 is 8.78 Å². The molecule has 0 amide bonds. The molecular formula is C15H11F2N5. The van der Waals surface area contributed by atoms with Crippen molar-refractivity contribution in [2.75, 3.05) is 5.73 Å². The summed E-state index contributed by atoms with van der Waals surface area (Å²) in [6, 6.07) is 7.13. The zero-order chi connectivity index (χ0) is 15.5. The van der Waals surface area contributed by atoms with E-state index in [1.54, 1.807) is 18.2 Å². The van der Waals surface area contributed by atoms with E-state index in [4.69, 9.17) is 5.73 Å². The Hall–Kier alpha value is -3.01. The van der Waals surface area contributed by atoms with Crippen LogP contribution in [0.1, 0.15) is 12.1 Å². The number of aromatic nitrogens is 4. The normalized spacial score (nSPS) is 10.5. The third-order valence-corrected chi connectivity index (χ3v) is 2.87. The molecule has 110 valence electrons. The SMILES string of the molecule is Nc1cccc(C#CCCn2nc3cc(F)cc(F)c3n2)n1. The van der Waals surface area contributed by atoms with Crippen molar-refractivity contribution >= 4 is 16.9 Å². The van der Waals surface area contributed by atoms with Crippen LogP contribution in [0.25, 0.3) is 11.0 Å². The number of nitrogens with zero attached hydrogens (tertiary/aromatic N) is 4. The Morgan fingerprint density at radius 2 is 2.05 bits per heavy atom. The Bertz CT molecular complexity index is 892. The van der Waals surface area contributed by atoms with E-state index in [1.807, 2.05) is 0 Å². The number of nitrogen functional groups attached to an aromatic ring is 1. The summed E-state index contributed by atoms with van der Waals surface area (Å²) in [5, 5.41) is 7.99. The van der Waals surface area contributed by atoms with Crippen LogP contribution in [-0.2, 0) is 6.54 Å². The van der Waals surface area contributed by atoms with Gasteiger partial charge < -0.3 is 5.73 Å². The van der Waals surface area contributed by atoms with Crippen LogP contribution in [0.15, 0.2) is 30.3 Å². The highest BCUT2D eigenvalue weighted by molar-refractivity contribution is 5.74. The molecule has 0 fully saturated rings. The van der Waals surface area contributed by atoms with E-state index in [1.165, 1.54) is 4.80 Å². The second-order valence-corrected chi connectivity index (χ2v) is 4.55. The molecule has 1 aromatic carbocycles. The maximum Gasteiger partial charge on any atom is 0.155 e. The van der Waals surface area contributed by atoms with Gasteiger partial charge in [0.05, 0.1) is 6.54 Å². The second kappa shape index (κ2) is 5.77. The van der Waals surface area contributed by atoms with Crippen molar-refractivity contribution in [3.8, 4) is 11.8 Å².